The highest BCUT2D eigenvalue weighted by molar-refractivity contribution is 7.16. The normalized spacial score (nSPS) is 11.6. The number of hydrogen-bond donors (Lipinski definition) is 0. The maximum absolute atomic E-state index is 2.36. The fourth-order valence-electron chi connectivity index (χ4n) is 3.13. The van der Waals surface area contributed by atoms with Gasteiger partial charge in [-0.2, -0.15) is 0 Å². The van der Waals surface area contributed by atoms with Crippen LogP contribution in [0.4, 0.5) is 0 Å². The average Bonchev–Trinajstić information content (AvgIpc) is 2.45. The van der Waals surface area contributed by atoms with E-state index in [1.165, 1.54) is 109 Å². The summed E-state index contributed by atoms with van der Waals surface area (Å²) in [6, 6.07) is 0. The predicted molar refractivity (Wildman–Crippen MR) is 109 cm³/mol. The number of unbranched alkanes of at least 4 members (excludes halogenated alkanes) is 14. The lowest BCUT2D eigenvalue weighted by Gasteiger charge is -2.17. The van der Waals surface area contributed by atoms with E-state index in [0.29, 0.717) is 5.41 Å². The molecule has 0 aromatic rings. The van der Waals surface area contributed by atoms with Crippen molar-refractivity contribution in [2.75, 3.05) is 6.16 Å². The Kier molecular flexibility index (Phi) is 21.5. The molecule has 1 unspecified atom stereocenters. The van der Waals surface area contributed by atoms with Crippen LogP contribution < -0.4 is 12.4 Å². The second-order valence-electron chi connectivity index (χ2n) is 8.47. The molecule has 142 valence electrons. The summed E-state index contributed by atoms with van der Waals surface area (Å²) in [5.41, 5.74) is 0.538. The summed E-state index contributed by atoms with van der Waals surface area (Å²) >= 11 is 0. The molecular weight excluding hydrogens is 319 g/mol. The maximum atomic E-state index is 2.36. The van der Waals surface area contributed by atoms with Crippen molar-refractivity contribution < 1.29 is 12.4 Å². The highest BCUT2D eigenvalue weighted by Crippen LogP contribution is 2.22. The zero-order valence-electron chi connectivity index (χ0n) is 16.6. The van der Waals surface area contributed by atoms with E-state index >= 15 is 0 Å². The van der Waals surface area contributed by atoms with E-state index in [9.17, 15) is 0 Å². The summed E-state index contributed by atoms with van der Waals surface area (Å²) in [6.07, 6.45) is 24.9. The summed E-state index contributed by atoms with van der Waals surface area (Å²) < 4.78 is 0. The third-order valence-electron chi connectivity index (χ3n) is 4.68. The summed E-state index contributed by atoms with van der Waals surface area (Å²) in [7, 11) is 2.12. The quantitative estimate of drug-likeness (QED) is 0.270. The first-order chi connectivity index (χ1) is 10.6. The monoisotopic (exact) mass is 364 g/mol. The summed E-state index contributed by atoms with van der Waals surface area (Å²) in [5.74, 6) is 0. The molecule has 0 fully saturated rings. The van der Waals surface area contributed by atoms with Gasteiger partial charge in [0.2, 0.25) is 0 Å². The third-order valence-corrected chi connectivity index (χ3v) is 5.18. The molecule has 0 bridgehead atoms. The van der Waals surface area contributed by atoms with Crippen LogP contribution in [0.3, 0.4) is 0 Å². The van der Waals surface area contributed by atoms with Gasteiger partial charge in [-0.05, 0) is 33.9 Å². The van der Waals surface area contributed by atoms with Crippen LogP contribution in [0.25, 0.3) is 0 Å². The highest BCUT2D eigenvalue weighted by atomic mass is 35.5. The molecular formula is C21H46ClP. The zero-order chi connectivity index (χ0) is 16.5. The zero-order valence-corrected chi connectivity index (χ0v) is 18.8. The van der Waals surface area contributed by atoms with Crippen molar-refractivity contribution in [3.05, 3.63) is 0 Å². The number of rotatable bonds is 16. The molecule has 0 nitrogen and oxygen atoms in total. The molecule has 1 atom stereocenters. The van der Waals surface area contributed by atoms with E-state index in [2.05, 4.69) is 30.0 Å². The minimum atomic E-state index is 0. The van der Waals surface area contributed by atoms with Crippen molar-refractivity contribution in [3.63, 3.8) is 0 Å². The molecule has 0 rings (SSSR count). The van der Waals surface area contributed by atoms with E-state index in [-0.39, 0.29) is 12.4 Å². The van der Waals surface area contributed by atoms with Gasteiger partial charge < -0.3 is 12.4 Å². The second kappa shape index (κ2) is 19.1. The molecule has 0 spiro atoms. The molecule has 0 N–H and O–H groups in total. The molecule has 2 heteroatoms. The van der Waals surface area contributed by atoms with E-state index in [1.54, 1.807) is 0 Å². The fraction of sp³-hybridized carbons (Fsp3) is 1.00. The molecule has 0 heterocycles. The SMILES string of the molecule is CC(C)(C)CCCCCCCCCCCCCCCCC[PH3+].[Cl-]. The Morgan fingerprint density at radius 3 is 1.00 bits per heavy atom. The molecule has 0 aromatic heterocycles. The van der Waals surface area contributed by atoms with Gasteiger partial charge >= 0.3 is 0 Å². The summed E-state index contributed by atoms with van der Waals surface area (Å²) in [4.78, 5) is 0. The minimum Gasteiger partial charge on any atom is -1.00 e. The van der Waals surface area contributed by atoms with Crippen molar-refractivity contribution in [3.8, 4) is 0 Å². The average molecular weight is 365 g/mol. The van der Waals surface area contributed by atoms with Gasteiger partial charge in [0, 0.05) is 0 Å². The Bertz CT molecular complexity index is 210. The van der Waals surface area contributed by atoms with Gasteiger partial charge in [0.1, 0.15) is 0 Å². The van der Waals surface area contributed by atoms with Crippen molar-refractivity contribution in [1.29, 1.82) is 0 Å². The maximum Gasteiger partial charge on any atom is 0.0526 e. The standard InChI is InChI=1S/C21H45P.ClH/c1-21(2,3)19-17-15-13-11-9-7-5-4-6-8-10-12-14-16-18-20-22;/h4-20,22H2,1-3H3;1H. The molecule has 0 aliphatic rings. The molecule has 0 saturated heterocycles. The van der Waals surface area contributed by atoms with Gasteiger partial charge in [0.15, 0.2) is 0 Å². The summed E-state index contributed by atoms with van der Waals surface area (Å²) in [5, 5.41) is 0. The Labute approximate surface area is 157 Å². The molecule has 0 amide bonds. The van der Waals surface area contributed by atoms with Crippen molar-refractivity contribution in [2.45, 2.75) is 124 Å². The van der Waals surface area contributed by atoms with Crippen LogP contribution in [0.5, 0.6) is 0 Å². The van der Waals surface area contributed by atoms with Crippen LogP contribution in [0.15, 0.2) is 0 Å². The summed E-state index contributed by atoms with van der Waals surface area (Å²) in [6.45, 7) is 7.08. The van der Waals surface area contributed by atoms with Gasteiger partial charge in [0.05, 0.1) is 6.16 Å². The fourth-order valence-corrected chi connectivity index (χ4v) is 3.48. The number of hydrogen-bond acceptors (Lipinski definition) is 0. The van der Waals surface area contributed by atoms with Crippen LogP contribution in [-0.2, 0) is 0 Å². The molecule has 0 aromatic carbocycles. The lowest BCUT2D eigenvalue weighted by Crippen LogP contribution is -3.00. The first-order valence-corrected chi connectivity index (χ1v) is 11.4. The molecule has 0 saturated carbocycles. The lowest BCUT2D eigenvalue weighted by atomic mass is 9.89. The van der Waals surface area contributed by atoms with Crippen LogP contribution in [0, 0.1) is 5.41 Å². The second-order valence-corrected chi connectivity index (χ2v) is 9.17. The van der Waals surface area contributed by atoms with Gasteiger partial charge in [-0.25, -0.2) is 0 Å². The third kappa shape index (κ3) is 25.1. The molecule has 0 radical (unpaired) electrons. The van der Waals surface area contributed by atoms with Crippen molar-refractivity contribution in [1.82, 2.24) is 0 Å². The van der Waals surface area contributed by atoms with Crippen LogP contribution >= 0.6 is 9.24 Å². The van der Waals surface area contributed by atoms with Gasteiger partial charge in [-0.15, -0.1) is 0 Å². The Morgan fingerprint density at radius 2 is 0.739 bits per heavy atom. The van der Waals surface area contributed by atoms with Gasteiger partial charge in [0.25, 0.3) is 0 Å². The Balaban J connectivity index is 0. The first-order valence-electron chi connectivity index (χ1n) is 10.4. The minimum absolute atomic E-state index is 0. The topological polar surface area (TPSA) is 0 Å². The molecule has 0 aliphatic carbocycles. The Hall–Kier alpha value is 0.720. The van der Waals surface area contributed by atoms with Crippen LogP contribution in [0.2, 0.25) is 0 Å². The van der Waals surface area contributed by atoms with E-state index in [0.717, 1.165) is 0 Å². The highest BCUT2D eigenvalue weighted by Gasteiger charge is 2.08. The van der Waals surface area contributed by atoms with Gasteiger partial charge in [-0.3, -0.25) is 0 Å². The van der Waals surface area contributed by atoms with Crippen molar-refractivity contribution >= 4 is 9.24 Å². The molecule has 0 aliphatic heterocycles. The van der Waals surface area contributed by atoms with Crippen LogP contribution in [0.1, 0.15) is 124 Å². The van der Waals surface area contributed by atoms with Crippen LogP contribution in [-0.4, -0.2) is 6.16 Å². The van der Waals surface area contributed by atoms with Crippen molar-refractivity contribution in [2.24, 2.45) is 5.41 Å². The van der Waals surface area contributed by atoms with E-state index < -0.39 is 0 Å². The lowest BCUT2D eigenvalue weighted by molar-refractivity contribution is -0.00000553. The molecule has 23 heavy (non-hydrogen) atoms. The van der Waals surface area contributed by atoms with Gasteiger partial charge in [-0.1, -0.05) is 104 Å². The first kappa shape index (κ1) is 26.0. The predicted octanol–water partition coefficient (Wildman–Crippen LogP) is 4.89. The smallest absolute Gasteiger partial charge is 0.0526 e. The van der Waals surface area contributed by atoms with E-state index in [1.807, 2.05) is 0 Å². The largest absolute Gasteiger partial charge is 1.00 e. The van der Waals surface area contributed by atoms with E-state index in [4.69, 9.17) is 0 Å². The Morgan fingerprint density at radius 1 is 0.478 bits per heavy atom. The number of halogens is 1.